The maximum absolute atomic E-state index is 13.5. The Labute approximate surface area is 111 Å². The molecule has 0 aliphatic carbocycles. The summed E-state index contributed by atoms with van der Waals surface area (Å²) in [6.45, 7) is 2.96. The predicted molar refractivity (Wildman–Crippen MR) is 74.3 cm³/mol. The first-order chi connectivity index (χ1) is 8.81. The molecule has 0 bridgehead atoms. The summed E-state index contributed by atoms with van der Waals surface area (Å²) in [6.07, 6.45) is 1.91. The van der Waals surface area contributed by atoms with E-state index in [1.807, 2.05) is 24.4 Å². The molecule has 0 spiro atoms. The second-order valence-electron chi connectivity index (χ2n) is 3.98. The molecule has 0 radical (unpaired) electrons. The van der Waals surface area contributed by atoms with Crippen LogP contribution < -0.4 is 5.32 Å². The van der Waals surface area contributed by atoms with Crippen LogP contribution in [-0.2, 0) is 0 Å². The Morgan fingerprint density at radius 3 is 2.78 bits per heavy atom. The van der Waals surface area contributed by atoms with E-state index < -0.39 is 0 Å². The van der Waals surface area contributed by atoms with Gasteiger partial charge in [-0.25, -0.2) is 4.39 Å². The van der Waals surface area contributed by atoms with Crippen molar-refractivity contribution in [2.24, 2.45) is 0 Å². The number of rotatable bonds is 6. The molecular weight excluding hydrogens is 247 g/mol. The Morgan fingerprint density at radius 2 is 2.11 bits per heavy atom. The molecule has 1 aromatic heterocycles. The Hall–Kier alpha value is -1.26. The zero-order chi connectivity index (χ0) is 12.8. The molecule has 0 saturated carbocycles. The van der Waals surface area contributed by atoms with Gasteiger partial charge in [-0.15, -0.1) is 11.8 Å². The van der Waals surface area contributed by atoms with Crippen LogP contribution in [0.2, 0.25) is 0 Å². The van der Waals surface area contributed by atoms with Crippen molar-refractivity contribution in [1.29, 1.82) is 0 Å². The third-order valence-electron chi connectivity index (χ3n) is 2.69. The number of halogens is 1. The first-order valence-electron chi connectivity index (χ1n) is 6.05. The summed E-state index contributed by atoms with van der Waals surface area (Å²) < 4.78 is 13.5. The topological polar surface area (TPSA) is 27.8 Å². The van der Waals surface area contributed by atoms with Crippen molar-refractivity contribution in [3.05, 3.63) is 54.1 Å². The molecule has 2 N–H and O–H groups in total. The van der Waals surface area contributed by atoms with E-state index in [0.717, 1.165) is 18.0 Å². The molecule has 1 atom stereocenters. The predicted octanol–water partition coefficient (Wildman–Crippen LogP) is 3.60. The summed E-state index contributed by atoms with van der Waals surface area (Å²) in [6, 6.07) is 11.1. The van der Waals surface area contributed by atoms with E-state index in [-0.39, 0.29) is 11.9 Å². The molecule has 1 heterocycles. The molecule has 2 nitrogen and oxygen atoms in total. The van der Waals surface area contributed by atoms with Crippen molar-refractivity contribution in [3.8, 4) is 0 Å². The molecule has 4 heteroatoms. The number of aromatic nitrogens is 1. The lowest BCUT2D eigenvalue weighted by atomic mass is 10.2. The van der Waals surface area contributed by atoms with E-state index in [4.69, 9.17) is 0 Å². The van der Waals surface area contributed by atoms with Crippen molar-refractivity contribution in [1.82, 2.24) is 10.3 Å². The van der Waals surface area contributed by atoms with Gasteiger partial charge in [-0.1, -0.05) is 19.1 Å². The summed E-state index contributed by atoms with van der Waals surface area (Å²) in [5.41, 5.74) is 1.14. The molecule has 0 fully saturated rings. The third kappa shape index (κ3) is 3.37. The van der Waals surface area contributed by atoms with Crippen LogP contribution in [0.25, 0.3) is 0 Å². The minimum Gasteiger partial charge on any atom is -0.364 e. The summed E-state index contributed by atoms with van der Waals surface area (Å²) >= 11 is 1.54. The number of aromatic amines is 1. The van der Waals surface area contributed by atoms with Crippen LogP contribution in [0, 0.1) is 5.82 Å². The summed E-state index contributed by atoms with van der Waals surface area (Å²) in [7, 11) is 0. The van der Waals surface area contributed by atoms with Crippen molar-refractivity contribution in [3.63, 3.8) is 0 Å². The number of nitrogens with one attached hydrogen (secondary N) is 2. The van der Waals surface area contributed by atoms with Gasteiger partial charge in [0.2, 0.25) is 0 Å². The van der Waals surface area contributed by atoms with Crippen LogP contribution >= 0.6 is 11.8 Å². The number of hydrogen-bond acceptors (Lipinski definition) is 2. The van der Waals surface area contributed by atoms with Gasteiger partial charge in [-0.2, -0.15) is 0 Å². The molecule has 2 aromatic rings. The highest BCUT2D eigenvalue weighted by Crippen LogP contribution is 2.26. The lowest BCUT2D eigenvalue weighted by Crippen LogP contribution is -2.23. The van der Waals surface area contributed by atoms with Gasteiger partial charge in [0.15, 0.2) is 0 Å². The van der Waals surface area contributed by atoms with Crippen molar-refractivity contribution in [2.45, 2.75) is 17.9 Å². The maximum Gasteiger partial charge on any atom is 0.136 e. The van der Waals surface area contributed by atoms with Crippen molar-refractivity contribution >= 4 is 11.8 Å². The van der Waals surface area contributed by atoms with Gasteiger partial charge in [0.25, 0.3) is 0 Å². The zero-order valence-corrected chi connectivity index (χ0v) is 11.1. The Balaban J connectivity index is 2.00. The number of thioether (sulfide) groups is 1. The molecule has 0 aliphatic rings. The zero-order valence-electron chi connectivity index (χ0n) is 10.3. The number of H-pyrrole nitrogens is 1. The molecule has 0 saturated heterocycles. The molecule has 96 valence electrons. The van der Waals surface area contributed by atoms with Crippen molar-refractivity contribution < 1.29 is 4.39 Å². The fraction of sp³-hybridized carbons (Fsp3) is 0.286. The summed E-state index contributed by atoms with van der Waals surface area (Å²) in [4.78, 5) is 3.90. The second kappa shape index (κ2) is 6.61. The van der Waals surface area contributed by atoms with E-state index >= 15 is 0 Å². The van der Waals surface area contributed by atoms with Gasteiger partial charge < -0.3 is 10.3 Å². The highest BCUT2D eigenvalue weighted by molar-refractivity contribution is 7.99. The van der Waals surface area contributed by atoms with E-state index in [1.54, 1.807) is 6.07 Å². The Morgan fingerprint density at radius 1 is 1.28 bits per heavy atom. The largest absolute Gasteiger partial charge is 0.364 e. The Kier molecular flexibility index (Phi) is 4.84. The lowest BCUT2D eigenvalue weighted by Gasteiger charge is -2.16. The monoisotopic (exact) mass is 264 g/mol. The summed E-state index contributed by atoms with van der Waals surface area (Å²) in [5.74, 6) is 0.652. The van der Waals surface area contributed by atoms with Gasteiger partial charge in [-0.05, 0) is 30.8 Å². The van der Waals surface area contributed by atoms with Crippen LogP contribution in [-0.4, -0.2) is 17.3 Å². The molecule has 2 rings (SSSR count). The SMILES string of the molecule is CCNC(CSc1ccccc1F)c1ccc[nH]1. The number of hydrogen-bond donors (Lipinski definition) is 2. The first-order valence-corrected chi connectivity index (χ1v) is 7.04. The molecule has 0 amide bonds. The minimum absolute atomic E-state index is 0.149. The standard InChI is InChI=1S/C14H17FN2S/c1-2-16-13(12-7-5-9-17-12)10-18-14-8-4-3-6-11(14)15/h3-9,13,16-17H,2,10H2,1H3. The van der Waals surface area contributed by atoms with Gasteiger partial charge in [-0.3, -0.25) is 0 Å². The van der Waals surface area contributed by atoms with Crippen LogP contribution in [0.15, 0.2) is 47.5 Å². The minimum atomic E-state index is -0.149. The summed E-state index contributed by atoms with van der Waals surface area (Å²) in [5, 5.41) is 3.40. The second-order valence-corrected chi connectivity index (χ2v) is 5.04. The molecule has 1 aromatic carbocycles. The smallest absolute Gasteiger partial charge is 0.136 e. The van der Waals surface area contributed by atoms with E-state index in [0.29, 0.717) is 4.90 Å². The lowest BCUT2D eigenvalue weighted by molar-refractivity contribution is 0.589. The van der Waals surface area contributed by atoms with Crippen molar-refractivity contribution in [2.75, 3.05) is 12.3 Å². The molecular formula is C14H17FN2S. The van der Waals surface area contributed by atoms with E-state index in [2.05, 4.69) is 23.3 Å². The highest BCUT2D eigenvalue weighted by atomic mass is 32.2. The van der Waals surface area contributed by atoms with Gasteiger partial charge in [0.1, 0.15) is 5.82 Å². The highest BCUT2D eigenvalue weighted by Gasteiger charge is 2.12. The fourth-order valence-corrected chi connectivity index (χ4v) is 2.83. The van der Waals surface area contributed by atoms with Gasteiger partial charge in [0.05, 0.1) is 6.04 Å². The third-order valence-corrected chi connectivity index (χ3v) is 3.83. The van der Waals surface area contributed by atoms with Crippen LogP contribution in [0.4, 0.5) is 4.39 Å². The quantitative estimate of drug-likeness (QED) is 0.780. The fourth-order valence-electron chi connectivity index (χ4n) is 1.80. The van der Waals surface area contributed by atoms with E-state index in [1.165, 1.54) is 17.8 Å². The van der Waals surface area contributed by atoms with Crippen LogP contribution in [0.1, 0.15) is 18.7 Å². The first kappa shape index (κ1) is 13.2. The average molecular weight is 264 g/mol. The van der Waals surface area contributed by atoms with Gasteiger partial charge in [0, 0.05) is 22.5 Å². The van der Waals surface area contributed by atoms with E-state index in [9.17, 15) is 4.39 Å². The van der Waals surface area contributed by atoms with Crippen LogP contribution in [0.5, 0.6) is 0 Å². The average Bonchev–Trinajstić information content (AvgIpc) is 2.90. The molecule has 0 aliphatic heterocycles. The maximum atomic E-state index is 13.5. The molecule has 1 unspecified atom stereocenters. The molecule has 18 heavy (non-hydrogen) atoms. The van der Waals surface area contributed by atoms with Gasteiger partial charge >= 0.3 is 0 Å². The normalized spacial score (nSPS) is 12.6. The Bertz CT molecular complexity index is 470. The van der Waals surface area contributed by atoms with Crippen LogP contribution in [0.3, 0.4) is 0 Å². The number of benzene rings is 1.